The molecule has 15 nitrogen and oxygen atoms in total. The molecular weight excluding hydrogens is 586 g/mol. The van der Waals surface area contributed by atoms with Crippen molar-refractivity contribution in [3.63, 3.8) is 0 Å². The third-order valence-corrected chi connectivity index (χ3v) is 6.84. The zero-order valence-electron chi connectivity index (χ0n) is 22.2. The van der Waals surface area contributed by atoms with Gasteiger partial charge in [-0.2, -0.15) is 10.2 Å². The Bertz CT molecular complexity index is 1770. The van der Waals surface area contributed by atoms with Crippen LogP contribution in [-0.4, -0.2) is 59.2 Å². The number of aromatic hydroxyl groups is 1. The number of carboxylic acid groups (broad SMARTS) is 2. The van der Waals surface area contributed by atoms with Crippen LogP contribution in [0.5, 0.6) is 11.5 Å². The van der Waals surface area contributed by atoms with Crippen molar-refractivity contribution in [3.05, 3.63) is 71.3 Å². The lowest BCUT2D eigenvalue weighted by atomic mass is 10.1. The Hall–Kier alpha value is -5.13. The van der Waals surface area contributed by atoms with E-state index in [0.29, 0.717) is 16.6 Å². The van der Waals surface area contributed by atoms with Crippen molar-refractivity contribution >= 4 is 62.0 Å². The van der Waals surface area contributed by atoms with Crippen LogP contribution in [0.15, 0.2) is 79.9 Å². The van der Waals surface area contributed by atoms with Gasteiger partial charge in [-0.3, -0.25) is 0 Å². The van der Waals surface area contributed by atoms with Gasteiger partial charge in [-0.05, 0) is 60.3 Å². The second-order valence-electron chi connectivity index (χ2n) is 9.03. The summed E-state index contributed by atoms with van der Waals surface area (Å²) in [6, 6.07) is 11.8. The largest absolute Gasteiger partial charge is 0.505 e. The van der Waals surface area contributed by atoms with Crippen LogP contribution >= 0.6 is 10.9 Å². The lowest BCUT2D eigenvalue weighted by Gasteiger charge is -2.22. The molecule has 0 aliphatic carbocycles. The van der Waals surface area contributed by atoms with E-state index in [1.165, 1.54) is 36.4 Å². The Morgan fingerprint density at radius 2 is 1.51 bits per heavy atom. The second kappa shape index (κ2) is 12.4. The number of nitrogen functional groups attached to an aromatic ring is 1. The summed E-state index contributed by atoms with van der Waals surface area (Å²) < 4.78 is 35.6. The number of aliphatic hydroxyl groups is 1. The number of aryl methyl sites for hydroxylation is 1. The summed E-state index contributed by atoms with van der Waals surface area (Å²) in [5, 5.41) is 55.4. The molecule has 4 rings (SSSR count). The Morgan fingerprint density at radius 1 is 0.860 bits per heavy atom. The monoisotopic (exact) mass is 611 g/mol. The topological polar surface area (TPSA) is 260 Å². The van der Waals surface area contributed by atoms with Crippen LogP contribution in [0.25, 0.3) is 10.8 Å². The second-order valence-corrected chi connectivity index (χ2v) is 10.5. The van der Waals surface area contributed by atoms with Crippen molar-refractivity contribution < 1.29 is 48.4 Å². The quantitative estimate of drug-likeness (QED) is 0.0697. The first-order chi connectivity index (χ1) is 20.3. The Labute approximate surface area is 244 Å². The van der Waals surface area contributed by atoms with E-state index in [1.807, 2.05) is 0 Å². The molecule has 43 heavy (non-hydrogen) atoms. The van der Waals surface area contributed by atoms with Crippen LogP contribution in [0.3, 0.4) is 0 Å². The van der Waals surface area contributed by atoms with Gasteiger partial charge in [-0.25, -0.2) is 9.59 Å². The van der Waals surface area contributed by atoms with Gasteiger partial charge in [0.15, 0.2) is 5.75 Å². The van der Waals surface area contributed by atoms with Crippen molar-refractivity contribution in [2.45, 2.75) is 11.8 Å². The summed E-state index contributed by atoms with van der Waals surface area (Å²) in [5.41, 5.74) is 5.75. The molecule has 4 aromatic rings. The van der Waals surface area contributed by atoms with Gasteiger partial charge in [0.2, 0.25) is 0 Å². The zero-order chi connectivity index (χ0) is 31.5. The van der Waals surface area contributed by atoms with Crippen molar-refractivity contribution in [2.24, 2.45) is 20.5 Å². The van der Waals surface area contributed by atoms with Crippen molar-refractivity contribution in [2.75, 3.05) is 18.9 Å². The minimum Gasteiger partial charge on any atom is -0.505 e. The molecule has 9 N–H and O–H groups in total. The van der Waals surface area contributed by atoms with Crippen LogP contribution in [0.2, 0.25) is 0 Å². The standard InChI is InChI=1S/C27H25N5O10S/c1-13-6-21(31-32-24-23(43(39,40)41)10-14-2-3-17(28)11-19(14)25(24)34)22(42-5-4-33)12-20(13)30-29-18-8-15(26(35)36)7-16(9-18)27(37)38/h2-3,6-12,33-34,39-41H,4-5,28H2,1H3,(H,35,36)(H,37,38). The van der Waals surface area contributed by atoms with Gasteiger partial charge in [-0.15, -0.1) is 10.2 Å². The van der Waals surface area contributed by atoms with Crippen molar-refractivity contribution in [1.29, 1.82) is 0 Å². The predicted octanol–water partition coefficient (Wildman–Crippen LogP) is 6.62. The van der Waals surface area contributed by atoms with Crippen LogP contribution in [0.1, 0.15) is 26.3 Å². The fourth-order valence-electron chi connectivity index (χ4n) is 3.91. The van der Waals surface area contributed by atoms with Crippen LogP contribution in [0.4, 0.5) is 28.4 Å². The summed E-state index contributed by atoms with van der Waals surface area (Å²) in [7, 11) is -4.36. The number of carboxylic acids is 2. The number of hydrogen-bond donors (Lipinski definition) is 8. The van der Waals surface area contributed by atoms with Gasteiger partial charge in [0, 0.05) is 17.1 Å². The van der Waals surface area contributed by atoms with Crippen LogP contribution in [-0.2, 0) is 0 Å². The van der Waals surface area contributed by atoms with E-state index in [-0.39, 0.29) is 52.5 Å². The van der Waals surface area contributed by atoms with E-state index in [1.54, 1.807) is 6.92 Å². The molecule has 0 heterocycles. The smallest absolute Gasteiger partial charge is 0.335 e. The molecule has 0 bridgehead atoms. The first-order valence-electron chi connectivity index (χ1n) is 12.2. The first-order valence-corrected chi connectivity index (χ1v) is 13.7. The number of hydrogen-bond acceptors (Lipinski definition) is 13. The molecule has 0 aromatic heterocycles. The van der Waals surface area contributed by atoms with E-state index in [2.05, 4.69) is 20.5 Å². The van der Waals surface area contributed by atoms with E-state index in [9.17, 15) is 43.7 Å². The molecule has 0 aliphatic rings. The normalized spacial score (nSPS) is 12.3. The van der Waals surface area contributed by atoms with E-state index >= 15 is 0 Å². The number of phenols is 1. The number of ether oxygens (including phenoxy) is 1. The highest BCUT2D eigenvalue weighted by Crippen LogP contribution is 2.54. The minimum absolute atomic E-state index is 0.0320. The first kappa shape index (κ1) is 30.8. The lowest BCUT2D eigenvalue weighted by Crippen LogP contribution is -2.02. The van der Waals surface area contributed by atoms with E-state index in [4.69, 9.17) is 10.5 Å². The molecule has 0 aliphatic heterocycles. The van der Waals surface area contributed by atoms with Crippen molar-refractivity contribution in [1.82, 2.24) is 0 Å². The Kier molecular flexibility index (Phi) is 8.88. The fraction of sp³-hybridized carbons (Fsp3) is 0.111. The van der Waals surface area contributed by atoms with E-state index < -0.39 is 39.1 Å². The molecule has 0 saturated heterocycles. The maximum atomic E-state index is 11.4. The highest BCUT2D eigenvalue weighted by atomic mass is 32.3. The maximum Gasteiger partial charge on any atom is 0.335 e. The minimum atomic E-state index is -4.36. The molecular formula is C27H25N5O10S. The number of nitrogens with zero attached hydrogens (tertiary/aromatic N) is 4. The Balaban J connectivity index is 1.79. The zero-order valence-corrected chi connectivity index (χ0v) is 23.1. The molecule has 0 fully saturated rings. The third kappa shape index (κ3) is 7.03. The van der Waals surface area contributed by atoms with Crippen molar-refractivity contribution in [3.8, 4) is 11.5 Å². The maximum absolute atomic E-state index is 11.4. The average molecular weight is 612 g/mol. The van der Waals surface area contributed by atoms with Gasteiger partial charge in [0.05, 0.1) is 34.0 Å². The Morgan fingerprint density at radius 3 is 2.12 bits per heavy atom. The molecule has 0 spiro atoms. The predicted molar refractivity (Wildman–Crippen MR) is 156 cm³/mol. The number of carbonyl (C=O) groups is 2. The third-order valence-electron chi connectivity index (χ3n) is 5.94. The van der Waals surface area contributed by atoms with Gasteiger partial charge in [-0.1, -0.05) is 6.07 Å². The number of aromatic carboxylic acids is 2. The summed E-state index contributed by atoms with van der Waals surface area (Å²) >= 11 is 0. The summed E-state index contributed by atoms with van der Waals surface area (Å²) in [6.45, 7) is 1.07. The lowest BCUT2D eigenvalue weighted by molar-refractivity contribution is 0.0696. The number of azo groups is 2. The average Bonchev–Trinajstić information content (AvgIpc) is 2.94. The van der Waals surface area contributed by atoms with Gasteiger partial charge in [0.25, 0.3) is 0 Å². The molecule has 4 aromatic carbocycles. The molecule has 224 valence electrons. The summed E-state index contributed by atoms with van der Waals surface area (Å²) in [5.74, 6) is -3.19. The number of rotatable bonds is 10. The molecule has 0 unspecified atom stereocenters. The fourth-order valence-corrected chi connectivity index (χ4v) is 4.60. The molecule has 0 atom stereocenters. The number of nitrogens with two attached hydrogens (primary N) is 1. The molecule has 0 amide bonds. The highest BCUT2D eigenvalue weighted by molar-refractivity contribution is 8.19. The van der Waals surface area contributed by atoms with Gasteiger partial charge < -0.3 is 44.6 Å². The molecule has 0 radical (unpaired) electrons. The molecule has 16 heteroatoms. The van der Waals surface area contributed by atoms with Gasteiger partial charge in [0.1, 0.15) is 34.6 Å². The van der Waals surface area contributed by atoms with Crippen LogP contribution in [0, 0.1) is 6.92 Å². The van der Waals surface area contributed by atoms with Crippen LogP contribution < -0.4 is 10.5 Å². The summed E-state index contributed by atoms with van der Waals surface area (Å²) in [4.78, 5) is 22.3. The number of benzene rings is 4. The molecule has 0 saturated carbocycles. The number of aliphatic hydroxyl groups excluding tert-OH is 1. The number of phenolic OH excluding ortho intramolecular Hbond substituents is 1. The number of anilines is 1. The highest BCUT2D eigenvalue weighted by Gasteiger charge is 2.25. The number of fused-ring (bicyclic) bond motifs is 1. The van der Waals surface area contributed by atoms with E-state index in [0.717, 1.165) is 18.2 Å². The summed E-state index contributed by atoms with van der Waals surface area (Å²) in [6.07, 6.45) is 0. The van der Waals surface area contributed by atoms with Gasteiger partial charge >= 0.3 is 11.9 Å². The SMILES string of the molecule is Cc1cc(N=Nc2c(S(O)(O)O)cc3ccc(N)cc3c2O)c(OCCO)cc1N=Nc1cc(C(=O)O)cc(C(=O)O)c1.